The molecule has 1 aliphatic rings. The molecule has 4 rings (SSSR count). The molecule has 1 heterocycles. The van der Waals surface area contributed by atoms with Crippen LogP contribution in [0.3, 0.4) is 0 Å². The Morgan fingerprint density at radius 1 is 0.889 bits per heavy atom. The Labute approximate surface area is 160 Å². The molecule has 0 unspecified atom stereocenters. The maximum absolute atomic E-state index is 11.1. The molecule has 3 nitrogen and oxygen atoms in total. The Morgan fingerprint density at radius 2 is 1.56 bits per heavy atom. The van der Waals surface area contributed by atoms with Gasteiger partial charge in [0.05, 0.1) is 11.3 Å². The zero-order chi connectivity index (χ0) is 18.8. The van der Waals surface area contributed by atoms with Gasteiger partial charge >= 0.3 is 5.97 Å². The number of aryl methyl sites for hydroxylation is 1. The lowest BCUT2D eigenvalue weighted by molar-refractivity contribution is 0.0697. The van der Waals surface area contributed by atoms with Crippen LogP contribution >= 0.6 is 0 Å². The number of carbonyl (C=O) groups is 1. The maximum atomic E-state index is 11.1. The summed E-state index contributed by atoms with van der Waals surface area (Å²) < 4.78 is 2.18. The van der Waals surface area contributed by atoms with Crippen molar-refractivity contribution < 1.29 is 9.90 Å². The van der Waals surface area contributed by atoms with Crippen LogP contribution in [0.15, 0.2) is 60.7 Å². The number of aromatic carboxylic acids is 1. The molecule has 0 aliphatic heterocycles. The van der Waals surface area contributed by atoms with Gasteiger partial charge < -0.3 is 9.67 Å². The summed E-state index contributed by atoms with van der Waals surface area (Å²) in [5.74, 6) is -0.186. The first-order chi connectivity index (χ1) is 13.1. The highest BCUT2D eigenvalue weighted by molar-refractivity contribution is 5.87. The first-order valence-electron chi connectivity index (χ1n) is 9.76. The van der Waals surface area contributed by atoms with Crippen molar-refractivity contribution in [2.24, 2.45) is 0 Å². The van der Waals surface area contributed by atoms with Crippen molar-refractivity contribution in [3.8, 4) is 16.9 Å². The summed E-state index contributed by atoms with van der Waals surface area (Å²) >= 11 is 0. The van der Waals surface area contributed by atoms with Crippen LogP contribution in [0.5, 0.6) is 0 Å². The lowest BCUT2D eigenvalue weighted by Gasteiger charge is -2.22. The third-order valence-electron chi connectivity index (χ3n) is 5.73. The Morgan fingerprint density at radius 3 is 2.19 bits per heavy atom. The van der Waals surface area contributed by atoms with Crippen molar-refractivity contribution in [3.63, 3.8) is 0 Å². The van der Waals surface area contributed by atoms with Gasteiger partial charge in [0.15, 0.2) is 0 Å². The minimum atomic E-state index is -0.899. The van der Waals surface area contributed by atoms with Gasteiger partial charge in [-0.05, 0) is 73.2 Å². The maximum Gasteiger partial charge on any atom is 0.335 e. The molecule has 0 atom stereocenters. The molecule has 0 bridgehead atoms. The Hall–Kier alpha value is -2.81. The highest BCUT2D eigenvalue weighted by atomic mass is 16.4. The minimum Gasteiger partial charge on any atom is -0.478 e. The molecule has 1 N–H and O–H groups in total. The number of nitrogens with zero attached hydrogens (tertiary/aromatic N) is 1. The summed E-state index contributed by atoms with van der Waals surface area (Å²) in [5.41, 5.74) is 6.19. The van der Waals surface area contributed by atoms with Gasteiger partial charge in [-0.25, -0.2) is 4.79 Å². The highest BCUT2D eigenvalue weighted by Gasteiger charge is 2.16. The summed E-state index contributed by atoms with van der Waals surface area (Å²) in [6.45, 7) is 2.07. The third kappa shape index (κ3) is 3.55. The van der Waals surface area contributed by atoms with E-state index in [-0.39, 0.29) is 0 Å². The van der Waals surface area contributed by atoms with Crippen LogP contribution in [0.4, 0.5) is 0 Å². The standard InChI is InChI=1S/C24H25NO2/c1-17-7-16-23(25(17)22-14-12-21(13-15-22)24(26)27)20-10-8-19(9-11-20)18-5-3-2-4-6-18/h7-16,18H,2-6H2,1H3,(H,26,27). The van der Waals surface area contributed by atoms with Crippen molar-refractivity contribution in [2.45, 2.75) is 44.9 Å². The first kappa shape index (κ1) is 17.6. The van der Waals surface area contributed by atoms with Gasteiger partial charge in [0.1, 0.15) is 0 Å². The molecule has 0 radical (unpaired) electrons. The lowest BCUT2D eigenvalue weighted by atomic mass is 9.84. The number of hydrogen-bond acceptors (Lipinski definition) is 1. The molecule has 3 aromatic rings. The Bertz CT molecular complexity index is 930. The fourth-order valence-electron chi connectivity index (χ4n) is 4.22. The molecule has 1 saturated carbocycles. The first-order valence-corrected chi connectivity index (χ1v) is 9.76. The smallest absolute Gasteiger partial charge is 0.335 e. The third-order valence-corrected chi connectivity index (χ3v) is 5.73. The SMILES string of the molecule is Cc1ccc(-c2ccc(C3CCCCC3)cc2)n1-c1ccc(C(=O)O)cc1. The molecular weight excluding hydrogens is 334 g/mol. The molecule has 1 fully saturated rings. The Balaban J connectivity index is 1.65. The van der Waals surface area contributed by atoms with Gasteiger partial charge in [-0.3, -0.25) is 0 Å². The highest BCUT2D eigenvalue weighted by Crippen LogP contribution is 2.34. The molecule has 2 aromatic carbocycles. The quantitative estimate of drug-likeness (QED) is 0.603. The molecule has 0 saturated heterocycles. The molecular formula is C24H25NO2. The van der Waals surface area contributed by atoms with E-state index < -0.39 is 5.97 Å². The van der Waals surface area contributed by atoms with Gasteiger partial charge in [0.2, 0.25) is 0 Å². The second kappa shape index (κ2) is 7.43. The van der Waals surface area contributed by atoms with Gasteiger partial charge in [0.25, 0.3) is 0 Å². The molecule has 1 aromatic heterocycles. The average Bonchev–Trinajstić information content (AvgIpc) is 3.10. The summed E-state index contributed by atoms with van der Waals surface area (Å²) in [7, 11) is 0. The van der Waals surface area contributed by atoms with Crippen molar-refractivity contribution in [1.29, 1.82) is 0 Å². The van der Waals surface area contributed by atoms with E-state index in [2.05, 4.69) is 47.9 Å². The van der Waals surface area contributed by atoms with E-state index in [1.54, 1.807) is 12.1 Å². The average molecular weight is 359 g/mol. The van der Waals surface area contributed by atoms with Crippen LogP contribution in [0, 0.1) is 6.92 Å². The Kier molecular flexibility index (Phi) is 4.85. The largest absolute Gasteiger partial charge is 0.478 e. The molecule has 138 valence electrons. The summed E-state index contributed by atoms with van der Waals surface area (Å²) in [4.78, 5) is 11.1. The zero-order valence-corrected chi connectivity index (χ0v) is 15.7. The summed E-state index contributed by atoms with van der Waals surface area (Å²) in [5, 5.41) is 9.12. The number of aromatic nitrogens is 1. The zero-order valence-electron chi connectivity index (χ0n) is 15.7. The molecule has 27 heavy (non-hydrogen) atoms. The van der Waals surface area contributed by atoms with E-state index in [1.807, 2.05) is 12.1 Å². The van der Waals surface area contributed by atoms with Gasteiger partial charge in [-0.2, -0.15) is 0 Å². The van der Waals surface area contributed by atoms with E-state index >= 15 is 0 Å². The van der Waals surface area contributed by atoms with Crippen LogP contribution in [0.2, 0.25) is 0 Å². The molecule has 0 spiro atoms. The van der Waals surface area contributed by atoms with Crippen LogP contribution in [-0.4, -0.2) is 15.6 Å². The molecule has 1 aliphatic carbocycles. The van der Waals surface area contributed by atoms with E-state index in [9.17, 15) is 4.79 Å². The van der Waals surface area contributed by atoms with E-state index in [1.165, 1.54) is 43.2 Å². The summed E-state index contributed by atoms with van der Waals surface area (Å²) in [6.07, 6.45) is 6.69. The number of carboxylic acids is 1. The van der Waals surface area contributed by atoms with Gasteiger partial charge in [-0.15, -0.1) is 0 Å². The summed E-state index contributed by atoms with van der Waals surface area (Å²) in [6, 6.07) is 20.3. The fourth-order valence-corrected chi connectivity index (χ4v) is 4.22. The second-order valence-corrected chi connectivity index (χ2v) is 7.50. The van der Waals surface area contributed by atoms with Crippen molar-refractivity contribution in [3.05, 3.63) is 77.5 Å². The predicted octanol–water partition coefficient (Wildman–Crippen LogP) is 6.20. The lowest BCUT2D eigenvalue weighted by Crippen LogP contribution is -2.04. The van der Waals surface area contributed by atoms with Crippen molar-refractivity contribution in [2.75, 3.05) is 0 Å². The monoisotopic (exact) mass is 359 g/mol. The van der Waals surface area contributed by atoms with Crippen LogP contribution in [-0.2, 0) is 0 Å². The van der Waals surface area contributed by atoms with Crippen LogP contribution in [0.1, 0.15) is 59.6 Å². The van der Waals surface area contributed by atoms with Crippen molar-refractivity contribution >= 4 is 5.97 Å². The van der Waals surface area contributed by atoms with Crippen molar-refractivity contribution in [1.82, 2.24) is 4.57 Å². The van der Waals surface area contributed by atoms with E-state index in [4.69, 9.17) is 5.11 Å². The van der Waals surface area contributed by atoms with Gasteiger partial charge in [-0.1, -0.05) is 43.5 Å². The topological polar surface area (TPSA) is 42.2 Å². The van der Waals surface area contributed by atoms with E-state index in [0.717, 1.165) is 17.1 Å². The number of carboxylic acid groups (broad SMARTS) is 1. The molecule has 0 amide bonds. The second-order valence-electron chi connectivity index (χ2n) is 7.50. The van der Waals surface area contributed by atoms with Crippen LogP contribution in [0.25, 0.3) is 16.9 Å². The fraction of sp³-hybridized carbons (Fsp3) is 0.292. The van der Waals surface area contributed by atoms with E-state index in [0.29, 0.717) is 11.5 Å². The number of benzene rings is 2. The van der Waals surface area contributed by atoms with Crippen LogP contribution < -0.4 is 0 Å². The molecule has 3 heteroatoms. The van der Waals surface area contributed by atoms with Gasteiger partial charge in [0, 0.05) is 11.4 Å². The number of rotatable bonds is 4. The minimum absolute atomic E-state index is 0.307. The predicted molar refractivity (Wildman–Crippen MR) is 109 cm³/mol. The normalized spacial score (nSPS) is 15.0. The number of hydrogen-bond donors (Lipinski definition) is 1.